The number of methoxy groups -OCH3 is 2. The van der Waals surface area contributed by atoms with Crippen LogP contribution in [0.2, 0.25) is 0 Å². The van der Waals surface area contributed by atoms with Gasteiger partial charge in [-0.1, -0.05) is 24.3 Å². The van der Waals surface area contributed by atoms with Crippen LogP contribution in [0, 0.1) is 0 Å². The molecule has 0 N–H and O–H groups in total. The van der Waals surface area contributed by atoms with Gasteiger partial charge in [-0.25, -0.2) is 0 Å². The van der Waals surface area contributed by atoms with Crippen molar-refractivity contribution in [2.24, 2.45) is 0 Å². The zero-order chi connectivity index (χ0) is 15.2. The molecule has 0 amide bonds. The van der Waals surface area contributed by atoms with Crippen molar-refractivity contribution in [3.05, 3.63) is 59.2 Å². The molecule has 0 unspecified atom stereocenters. The van der Waals surface area contributed by atoms with Gasteiger partial charge in [0.2, 0.25) is 0 Å². The molecule has 2 aromatic carbocycles. The van der Waals surface area contributed by atoms with Crippen LogP contribution < -0.4 is 9.47 Å². The molecule has 108 valence electrons. The predicted molar refractivity (Wildman–Crippen MR) is 79.4 cm³/mol. The van der Waals surface area contributed by atoms with Gasteiger partial charge in [-0.15, -0.1) is 0 Å². The number of Topliss-reactive ketones (excluding diaryl/α,β-unsaturated/α-hetero) is 1. The van der Waals surface area contributed by atoms with E-state index in [1.54, 1.807) is 49.6 Å². The van der Waals surface area contributed by atoms with Crippen LogP contribution in [0.5, 0.6) is 11.5 Å². The van der Waals surface area contributed by atoms with Crippen molar-refractivity contribution in [3.8, 4) is 11.5 Å². The molecule has 2 aromatic rings. The molecule has 4 heteroatoms. The second-order valence-corrected chi connectivity index (χ2v) is 4.53. The fourth-order valence-corrected chi connectivity index (χ4v) is 2.02. The number of benzene rings is 2. The van der Waals surface area contributed by atoms with E-state index in [0.29, 0.717) is 22.6 Å². The highest BCUT2D eigenvalue weighted by Crippen LogP contribution is 2.25. The summed E-state index contributed by atoms with van der Waals surface area (Å²) in [5.74, 6) is 1.08. The lowest BCUT2D eigenvalue weighted by molar-refractivity contribution is 0.0989. The Kier molecular flexibility index (Phi) is 4.72. The van der Waals surface area contributed by atoms with Crippen LogP contribution in [0.3, 0.4) is 0 Å². The summed E-state index contributed by atoms with van der Waals surface area (Å²) in [6.07, 6.45) is 1.03. The van der Waals surface area contributed by atoms with Crippen LogP contribution >= 0.6 is 0 Å². The van der Waals surface area contributed by atoms with E-state index in [9.17, 15) is 9.59 Å². The zero-order valence-electron chi connectivity index (χ0n) is 12.0. The topological polar surface area (TPSA) is 52.6 Å². The van der Waals surface area contributed by atoms with Crippen molar-refractivity contribution in [2.45, 2.75) is 6.42 Å². The highest BCUT2D eigenvalue weighted by Gasteiger charge is 2.13. The van der Waals surface area contributed by atoms with Crippen LogP contribution in [-0.2, 0) is 6.42 Å². The lowest BCUT2D eigenvalue weighted by Crippen LogP contribution is -2.06. The minimum Gasteiger partial charge on any atom is -0.497 e. The minimum absolute atomic E-state index is 0.0478. The molecule has 0 aliphatic rings. The molecule has 0 bridgehead atoms. The standard InChI is InChI=1S/C17H16O4/c1-20-14-7-8-15(17(10-14)21-2)16(19)9-12-3-5-13(11-18)6-4-12/h3-8,10-11H,9H2,1-2H3. The van der Waals surface area contributed by atoms with Crippen LogP contribution in [0.1, 0.15) is 26.3 Å². The number of ether oxygens (including phenoxy) is 2. The van der Waals surface area contributed by atoms with E-state index in [1.165, 1.54) is 7.11 Å². The summed E-state index contributed by atoms with van der Waals surface area (Å²) in [5.41, 5.74) is 1.95. The molecule has 0 fully saturated rings. The molecule has 0 saturated heterocycles. The summed E-state index contributed by atoms with van der Waals surface area (Å²) in [5, 5.41) is 0. The summed E-state index contributed by atoms with van der Waals surface area (Å²) in [7, 11) is 3.08. The first kappa shape index (κ1) is 14.8. The molecule has 0 radical (unpaired) electrons. The van der Waals surface area contributed by atoms with Crippen LogP contribution in [0.25, 0.3) is 0 Å². The third kappa shape index (κ3) is 3.48. The lowest BCUT2D eigenvalue weighted by Gasteiger charge is -2.09. The van der Waals surface area contributed by atoms with E-state index in [0.717, 1.165) is 11.8 Å². The second kappa shape index (κ2) is 6.70. The first-order chi connectivity index (χ1) is 10.2. The minimum atomic E-state index is -0.0478. The van der Waals surface area contributed by atoms with Gasteiger partial charge in [0.15, 0.2) is 5.78 Å². The summed E-state index contributed by atoms with van der Waals surface area (Å²) >= 11 is 0. The molecular formula is C17H16O4. The summed E-state index contributed by atoms with van der Waals surface area (Å²) in [4.78, 5) is 23.0. The Morgan fingerprint density at radius 2 is 1.76 bits per heavy atom. The first-order valence-corrected chi connectivity index (χ1v) is 6.47. The fraction of sp³-hybridized carbons (Fsp3) is 0.176. The average molecular weight is 284 g/mol. The van der Waals surface area contributed by atoms with Crippen molar-refractivity contribution in [2.75, 3.05) is 14.2 Å². The highest BCUT2D eigenvalue weighted by molar-refractivity contribution is 6.00. The maximum Gasteiger partial charge on any atom is 0.170 e. The Balaban J connectivity index is 2.21. The Labute approximate surface area is 123 Å². The monoisotopic (exact) mass is 284 g/mol. The number of ketones is 1. The van der Waals surface area contributed by atoms with Gasteiger partial charge in [0.05, 0.1) is 19.8 Å². The number of carbonyl (C=O) groups is 2. The maximum absolute atomic E-state index is 12.4. The third-order valence-corrected chi connectivity index (χ3v) is 3.19. The van der Waals surface area contributed by atoms with E-state index in [4.69, 9.17) is 9.47 Å². The number of hydrogen-bond acceptors (Lipinski definition) is 4. The number of carbonyl (C=O) groups excluding carboxylic acids is 2. The molecule has 0 aliphatic carbocycles. The van der Waals surface area contributed by atoms with Gasteiger partial charge in [0.25, 0.3) is 0 Å². The van der Waals surface area contributed by atoms with E-state index in [-0.39, 0.29) is 12.2 Å². The van der Waals surface area contributed by atoms with Crippen molar-refractivity contribution >= 4 is 12.1 Å². The molecule has 0 saturated carbocycles. The largest absolute Gasteiger partial charge is 0.497 e. The Morgan fingerprint density at radius 1 is 1.05 bits per heavy atom. The first-order valence-electron chi connectivity index (χ1n) is 6.47. The van der Waals surface area contributed by atoms with E-state index in [1.807, 2.05) is 0 Å². The van der Waals surface area contributed by atoms with Crippen molar-refractivity contribution < 1.29 is 19.1 Å². The number of aldehydes is 1. The Hall–Kier alpha value is -2.62. The zero-order valence-corrected chi connectivity index (χ0v) is 12.0. The van der Waals surface area contributed by atoms with Crippen molar-refractivity contribution in [3.63, 3.8) is 0 Å². The lowest BCUT2D eigenvalue weighted by atomic mass is 10.0. The van der Waals surface area contributed by atoms with Gasteiger partial charge in [0.1, 0.15) is 17.8 Å². The van der Waals surface area contributed by atoms with Gasteiger partial charge < -0.3 is 9.47 Å². The predicted octanol–water partition coefficient (Wildman–Crippen LogP) is 2.94. The summed E-state index contributed by atoms with van der Waals surface area (Å²) in [6, 6.07) is 12.0. The quantitative estimate of drug-likeness (QED) is 0.604. The van der Waals surface area contributed by atoms with Crippen molar-refractivity contribution in [1.82, 2.24) is 0 Å². The second-order valence-electron chi connectivity index (χ2n) is 4.53. The Bertz CT molecular complexity index is 644. The van der Waals surface area contributed by atoms with Gasteiger partial charge in [-0.2, -0.15) is 0 Å². The van der Waals surface area contributed by atoms with E-state index < -0.39 is 0 Å². The smallest absolute Gasteiger partial charge is 0.170 e. The molecule has 0 aliphatic heterocycles. The fourth-order valence-electron chi connectivity index (χ4n) is 2.02. The molecule has 0 atom stereocenters. The van der Waals surface area contributed by atoms with Crippen LogP contribution in [0.4, 0.5) is 0 Å². The molecule has 0 spiro atoms. The third-order valence-electron chi connectivity index (χ3n) is 3.19. The van der Waals surface area contributed by atoms with Gasteiger partial charge >= 0.3 is 0 Å². The Morgan fingerprint density at radius 3 is 2.33 bits per heavy atom. The molecule has 0 heterocycles. The van der Waals surface area contributed by atoms with Gasteiger partial charge in [0, 0.05) is 18.1 Å². The average Bonchev–Trinajstić information content (AvgIpc) is 2.54. The number of hydrogen-bond donors (Lipinski definition) is 0. The molecular weight excluding hydrogens is 268 g/mol. The molecule has 21 heavy (non-hydrogen) atoms. The van der Waals surface area contributed by atoms with E-state index >= 15 is 0 Å². The summed E-state index contributed by atoms with van der Waals surface area (Å²) in [6.45, 7) is 0. The van der Waals surface area contributed by atoms with Crippen LogP contribution in [0.15, 0.2) is 42.5 Å². The SMILES string of the molecule is COc1ccc(C(=O)Cc2ccc(C=O)cc2)c(OC)c1. The van der Waals surface area contributed by atoms with Crippen LogP contribution in [-0.4, -0.2) is 26.3 Å². The highest BCUT2D eigenvalue weighted by atomic mass is 16.5. The summed E-state index contributed by atoms with van der Waals surface area (Å²) < 4.78 is 10.3. The molecule has 2 rings (SSSR count). The molecule has 0 aromatic heterocycles. The maximum atomic E-state index is 12.4. The molecule has 4 nitrogen and oxygen atoms in total. The van der Waals surface area contributed by atoms with Gasteiger partial charge in [-0.05, 0) is 17.7 Å². The van der Waals surface area contributed by atoms with Crippen molar-refractivity contribution in [1.29, 1.82) is 0 Å². The van der Waals surface area contributed by atoms with Gasteiger partial charge in [-0.3, -0.25) is 9.59 Å². The number of rotatable bonds is 6. The normalized spacial score (nSPS) is 10.0. The van der Waals surface area contributed by atoms with E-state index in [2.05, 4.69) is 0 Å².